The minimum Gasteiger partial charge on any atom is -0.467 e. The maximum absolute atomic E-state index is 13.3. The molecule has 0 fully saturated rings. The first-order valence-corrected chi connectivity index (χ1v) is 12.0. The number of rotatable bonds is 6. The van der Waals surface area contributed by atoms with E-state index in [0.29, 0.717) is 36.5 Å². The number of carbonyl (C=O) groups is 1. The minimum atomic E-state index is -3.36. The number of sulfonamides is 1. The van der Waals surface area contributed by atoms with Crippen LogP contribution in [0.5, 0.6) is 0 Å². The largest absolute Gasteiger partial charge is 0.467 e. The van der Waals surface area contributed by atoms with Crippen molar-refractivity contribution in [3.63, 3.8) is 0 Å². The van der Waals surface area contributed by atoms with Gasteiger partial charge in [-0.3, -0.25) is 9.10 Å². The third-order valence-corrected chi connectivity index (χ3v) is 7.11. The molecule has 1 aliphatic rings. The van der Waals surface area contributed by atoms with E-state index in [1.54, 1.807) is 40.7 Å². The van der Waals surface area contributed by atoms with Crippen LogP contribution in [0.25, 0.3) is 0 Å². The van der Waals surface area contributed by atoms with Gasteiger partial charge in [0.25, 0.3) is 5.91 Å². The zero-order valence-corrected chi connectivity index (χ0v) is 17.9. The van der Waals surface area contributed by atoms with Gasteiger partial charge in [0.15, 0.2) is 0 Å². The average molecular weight is 431 g/mol. The van der Waals surface area contributed by atoms with Gasteiger partial charge in [0.1, 0.15) is 5.76 Å². The van der Waals surface area contributed by atoms with E-state index in [0.717, 1.165) is 10.4 Å². The summed E-state index contributed by atoms with van der Waals surface area (Å²) in [4.78, 5) is 16.1. The smallest absolute Gasteiger partial charge is 0.254 e. The Hall–Kier alpha value is -2.58. The maximum Gasteiger partial charge on any atom is 0.254 e. The highest BCUT2D eigenvalue weighted by atomic mass is 32.2. The van der Waals surface area contributed by atoms with Crippen LogP contribution in [0.1, 0.15) is 33.5 Å². The lowest BCUT2D eigenvalue weighted by atomic mass is 10.1. The fraction of sp³-hybridized carbons (Fsp3) is 0.286. The van der Waals surface area contributed by atoms with E-state index in [4.69, 9.17) is 4.42 Å². The van der Waals surface area contributed by atoms with E-state index < -0.39 is 10.0 Å². The van der Waals surface area contributed by atoms with E-state index in [1.165, 1.54) is 10.6 Å². The predicted molar refractivity (Wildman–Crippen MR) is 114 cm³/mol. The van der Waals surface area contributed by atoms with Crippen LogP contribution >= 0.6 is 11.3 Å². The quantitative estimate of drug-likeness (QED) is 0.595. The number of fused-ring (bicyclic) bond motifs is 1. The van der Waals surface area contributed by atoms with Crippen molar-refractivity contribution in [1.29, 1.82) is 0 Å². The summed E-state index contributed by atoms with van der Waals surface area (Å²) < 4.78 is 31.1. The molecule has 0 saturated carbocycles. The molecule has 0 saturated heterocycles. The zero-order chi connectivity index (χ0) is 20.6. The highest BCUT2D eigenvalue weighted by molar-refractivity contribution is 7.92. The van der Waals surface area contributed by atoms with Crippen molar-refractivity contribution in [1.82, 2.24) is 4.90 Å². The van der Waals surface area contributed by atoms with Crippen molar-refractivity contribution in [3.05, 3.63) is 75.9 Å². The Morgan fingerprint density at radius 1 is 1.24 bits per heavy atom. The van der Waals surface area contributed by atoms with Crippen LogP contribution in [-0.4, -0.2) is 31.5 Å². The molecule has 0 radical (unpaired) electrons. The van der Waals surface area contributed by atoms with Crippen molar-refractivity contribution in [2.45, 2.75) is 32.5 Å². The maximum atomic E-state index is 13.3. The number of amides is 1. The lowest BCUT2D eigenvalue weighted by molar-refractivity contribution is 0.0719. The van der Waals surface area contributed by atoms with Crippen molar-refractivity contribution >= 4 is 33.0 Å². The molecule has 0 N–H and O–H groups in total. The van der Waals surface area contributed by atoms with Crippen molar-refractivity contribution < 1.29 is 17.6 Å². The first kappa shape index (κ1) is 19.7. The van der Waals surface area contributed by atoms with Crippen LogP contribution in [-0.2, 0) is 29.5 Å². The molecule has 6 nitrogen and oxygen atoms in total. The molecule has 29 heavy (non-hydrogen) atoms. The Balaban J connectivity index is 1.63. The number of anilines is 1. The van der Waals surface area contributed by atoms with Crippen LogP contribution in [0.2, 0.25) is 0 Å². The summed E-state index contributed by atoms with van der Waals surface area (Å²) >= 11 is 1.60. The highest BCUT2D eigenvalue weighted by Crippen LogP contribution is 2.35. The van der Waals surface area contributed by atoms with Gasteiger partial charge in [0, 0.05) is 16.5 Å². The first-order valence-electron chi connectivity index (χ1n) is 9.29. The molecule has 4 rings (SSSR count). The molecule has 1 amide bonds. The van der Waals surface area contributed by atoms with Gasteiger partial charge in [-0.2, -0.15) is 0 Å². The topological polar surface area (TPSA) is 70.8 Å². The van der Waals surface area contributed by atoms with E-state index in [-0.39, 0.29) is 11.9 Å². The molecule has 1 unspecified atom stereocenters. The summed E-state index contributed by atoms with van der Waals surface area (Å²) in [5.41, 5.74) is 2.09. The number of hydrogen-bond acceptors (Lipinski definition) is 5. The van der Waals surface area contributed by atoms with Crippen molar-refractivity contribution in [2.24, 2.45) is 0 Å². The lowest BCUT2D eigenvalue weighted by Crippen LogP contribution is -2.34. The Labute approximate surface area is 174 Å². The summed E-state index contributed by atoms with van der Waals surface area (Å²) in [6.45, 7) is 2.73. The second-order valence-electron chi connectivity index (χ2n) is 7.28. The third-order valence-electron chi connectivity index (χ3n) is 4.98. The van der Waals surface area contributed by atoms with Crippen molar-refractivity contribution in [3.8, 4) is 0 Å². The number of nitrogens with zero attached hydrogens (tertiary/aromatic N) is 2. The van der Waals surface area contributed by atoms with E-state index in [2.05, 4.69) is 0 Å². The molecule has 0 spiro atoms. The molecule has 3 heterocycles. The predicted octanol–water partition coefficient (Wildman–Crippen LogP) is 3.89. The first-order chi connectivity index (χ1) is 13.8. The molecule has 3 aromatic rings. The normalized spacial score (nSPS) is 16.1. The van der Waals surface area contributed by atoms with Gasteiger partial charge in [-0.25, -0.2) is 8.42 Å². The Morgan fingerprint density at radius 3 is 2.72 bits per heavy atom. The molecular formula is C21H22N2O4S2. The standard InChI is InChI=1S/C21H22N2O4S2/c1-15-11-17-12-16(7-8-20(17)23(15)29(2,25)26)21(24)22(13-18-5-3-9-27-18)14-19-6-4-10-28-19/h3-10,12,15H,11,13-14H2,1-2H3. The SMILES string of the molecule is CC1Cc2cc(C(=O)N(Cc3ccco3)Cc3cccs3)ccc2N1S(C)(=O)=O. The summed E-state index contributed by atoms with van der Waals surface area (Å²) in [7, 11) is -3.36. The lowest BCUT2D eigenvalue weighted by Gasteiger charge is -2.23. The van der Waals surface area contributed by atoms with Crippen LogP contribution < -0.4 is 4.31 Å². The fourth-order valence-electron chi connectivity index (χ4n) is 3.80. The van der Waals surface area contributed by atoms with Crippen LogP contribution in [0.3, 0.4) is 0 Å². The van der Waals surface area contributed by atoms with Crippen LogP contribution in [0.15, 0.2) is 58.5 Å². The molecule has 1 atom stereocenters. The van der Waals surface area contributed by atoms with Crippen LogP contribution in [0.4, 0.5) is 5.69 Å². The molecular weight excluding hydrogens is 408 g/mol. The van der Waals surface area contributed by atoms with Gasteiger partial charge in [-0.15, -0.1) is 11.3 Å². The third kappa shape index (κ3) is 4.09. The van der Waals surface area contributed by atoms with Crippen molar-refractivity contribution in [2.75, 3.05) is 10.6 Å². The van der Waals surface area contributed by atoms with Gasteiger partial charge in [0.05, 0.1) is 31.3 Å². The molecule has 1 aromatic carbocycles. The minimum absolute atomic E-state index is 0.108. The number of hydrogen-bond donors (Lipinski definition) is 0. The van der Waals surface area contributed by atoms with E-state index in [9.17, 15) is 13.2 Å². The van der Waals surface area contributed by atoms with Gasteiger partial charge in [0.2, 0.25) is 10.0 Å². The molecule has 0 bridgehead atoms. The summed E-state index contributed by atoms with van der Waals surface area (Å²) in [6, 6.07) is 12.7. The molecule has 1 aliphatic heterocycles. The van der Waals surface area contributed by atoms with Gasteiger partial charge in [-0.1, -0.05) is 6.07 Å². The fourth-order valence-corrected chi connectivity index (χ4v) is 5.79. The molecule has 0 aliphatic carbocycles. The second-order valence-corrected chi connectivity index (χ2v) is 10.2. The number of furan rings is 1. The zero-order valence-electron chi connectivity index (χ0n) is 16.2. The second kappa shape index (κ2) is 7.68. The number of carbonyl (C=O) groups excluding carboxylic acids is 1. The molecule has 2 aromatic heterocycles. The average Bonchev–Trinajstić information content (AvgIpc) is 3.39. The van der Waals surface area contributed by atoms with Gasteiger partial charge in [-0.05, 0) is 60.7 Å². The summed E-state index contributed by atoms with van der Waals surface area (Å²) in [5.74, 6) is 0.607. The summed E-state index contributed by atoms with van der Waals surface area (Å²) in [5, 5.41) is 1.99. The summed E-state index contributed by atoms with van der Waals surface area (Å²) in [6.07, 6.45) is 3.40. The monoisotopic (exact) mass is 430 g/mol. The molecule has 8 heteroatoms. The number of thiophene rings is 1. The Kier molecular flexibility index (Phi) is 5.23. The Bertz CT molecular complexity index is 1070. The van der Waals surface area contributed by atoms with Gasteiger partial charge >= 0.3 is 0 Å². The van der Waals surface area contributed by atoms with Gasteiger partial charge < -0.3 is 9.32 Å². The van der Waals surface area contributed by atoms with Crippen LogP contribution in [0, 0.1) is 0 Å². The van der Waals surface area contributed by atoms with E-state index >= 15 is 0 Å². The highest BCUT2D eigenvalue weighted by Gasteiger charge is 2.33. The molecule has 152 valence electrons. The Morgan fingerprint density at radius 2 is 2.07 bits per heavy atom. The van der Waals surface area contributed by atoms with E-state index in [1.807, 2.05) is 36.6 Å². The number of benzene rings is 1.